The zero-order chi connectivity index (χ0) is 11.5. The summed E-state index contributed by atoms with van der Waals surface area (Å²) in [6.07, 6.45) is 0.895. The second-order valence-electron chi connectivity index (χ2n) is 3.98. The molecule has 0 N–H and O–H groups in total. The number of carbonyl (C=O) groups excluding carboxylic acids is 1. The van der Waals surface area contributed by atoms with Crippen LogP contribution in [-0.2, 0) is 9.53 Å². The van der Waals surface area contributed by atoms with Crippen LogP contribution in [0.4, 0.5) is 0 Å². The van der Waals surface area contributed by atoms with Crippen molar-refractivity contribution in [2.45, 2.75) is 19.3 Å². The Kier molecular flexibility index (Phi) is 3.13. The molecule has 0 saturated heterocycles. The molecule has 1 saturated carbocycles. The van der Waals surface area contributed by atoms with Gasteiger partial charge in [-0.25, -0.2) is 0 Å². The highest BCUT2D eigenvalue weighted by atomic mass is 16.5. The fraction of sp³-hybridized carbons (Fsp3) is 0.462. The molecule has 0 aromatic heterocycles. The van der Waals surface area contributed by atoms with E-state index in [9.17, 15) is 4.79 Å². The minimum absolute atomic E-state index is 0.0482. The highest BCUT2D eigenvalue weighted by molar-refractivity contribution is 5.77. The maximum Gasteiger partial charge on any atom is 0.309 e. The van der Waals surface area contributed by atoms with Gasteiger partial charge >= 0.3 is 5.97 Å². The van der Waals surface area contributed by atoms with Gasteiger partial charge < -0.3 is 9.47 Å². The second-order valence-corrected chi connectivity index (χ2v) is 3.98. The number of benzene rings is 1. The van der Waals surface area contributed by atoms with Gasteiger partial charge in [0.25, 0.3) is 0 Å². The highest BCUT2D eigenvalue weighted by Crippen LogP contribution is 2.48. The lowest BCUT2D eigenvalue weighted by Crippen LogP contribution is -2.07. The van der Waals surface area contributed by atoms with Crippen LogP contribution in [0.15, 0.2) is 24.3 Å². The minimum Gasteiger partial charge on any atom is -0.497 e. The fourth-order valence-corrected chi connectivity index (χ4v) is 1.95. The van der Waals surface area contributed by atoms with E-state index in [1.165, 1.54) is 0 Å². The molecule has 0 unspecified atom stereocenters. The van der Waals surface area contributed by atoms with Crippen molar-refractivity contribution in [1.29, 1.82) is 0 Å². The molecule has 3 nitrogen and oxygen atoms in total. The Bertz CT molecular complexity index is 387. The summed E-state index contributed by atoms with van der Waals surface area (Å²) in [5.41, 5.74) is 1.16. The van der Waals surface area contributed by atoms with Crippen LogP contribution in [0.5, 0.6) is 5.75 Å². The summed E-state index contributed by atoms with van der Waals surface area (Å²) in [4.78, 5) is 11.5. The van der Waals surface area contributed by atoms with Crippen molar-refractivity contribution >= 4 is 5.97 Å². The first kappa shape index (κ1) is 11.0. The van der Waals surface area contributed by atoms with Gasteiger partial charge in [0.2, 0.25) is 0 Å². The molecule has 2 atom stereocenters. The Labute approximate surface area is 95.4 Å². The maximum atomic E-state index is 11.5. The lowest BCUT2D eigenvalue weighted by Gasteiger charge is -2.04. The smallest absolute Gasteiger partial charge is 0.309 e. The van der Waals surface area contributed by atoms with Crippen molar-refractivity contribution < 1.29 is 14.3 Å². The summed E-state index contributed by atoms with van der Waals surface area (Å²) in [5.74, 6) is 1.13. The van der Waals surface area contributed by atoms with E-state index in [4.69, 9.17) is 9.47 Å². The summed E-state index contributed by atoms with van der Waals surface area (Å²) in [6.45, 7) is 2.29. The van der Waals surface area contributed by atoms with E-state index in [2.05, 4.69) is 0 Å². The first-order chi connectivity index (χ1) is 7.76. The molecule has 1 aromatic rings. The number of methoxy groups -OCH3 is 1. The van der Waals surface area contributed by atoms with E-state index >= 15 is 0 Å². The number of ether oxygens (including phenoxy) is 2. The molecule has 0 radical (unpaired) electrons. The molecule has 1 aliphatic carbocycles. The van der Waals surface area contributed by atoms with Gasteiger partial charge in [-0.2, -0.15) is 0 Å². The van der Waals surface area contributed by atoms with E-state index in [0.717, 1.165) is 17.7 Å². The van der Waals surface area contributed by atoms with E-state index in [0.29, 0.717) is 12.5 Å². The normalized spacial score (nSPS) is 22.6. The predicted molar refractivity (Wildman–Crippen MR) is 60.5 cm³/mol. The van der Waals surface area contributed by atoms with Gasteiger partial charge in [0.15, 0.2) is 0 Å². The molecule has 1 aromatic carbocycles. The summed E-state index contributed by atoms with van der Waals surface area (Å²) >= 11 is 0. The van der Waals surface area contributed by atoms with Crippen LogP contribution in [0.25, 0.3) is 0 Å². The van der Waals surface area contributed by atoms with Gasteiger partial charge in [-0.05, 0) is 37.0 Å². The van der Waals surface area contributed by atoms with Crippen molar-refractivity contribution in [3.8, 4) is 5.75 Å². The Morgan fingerprint density at radius 2 is 2.31 bits per heavy atom. The van der Waals surface area contributed by atoms with Crippen molar-refractivity contribution in [2.75, 3.05) is 13.7 Å². The van der Waals surface area contributed by atoms with Crippen LogP contribution in [0, 0.1) is 5.92 Å². The van der Waals surface area contributed by atoms with Gasteiger partial charge in [-0.15, -0.1) is 0 Å². The second kappa shape index (κ2) is 4.56. The van der Waals surface area contributed by atoms with Crippen LogP contribution in [0.3, 0.4) is 0 Å². The first-order valence-corrected chi connectivity index (χ1v) is 5.56. The van der Waals surface area contributed by atoms with Crippen molar-refractivity contribution in [1.82, 2.24) is 0 Å². The molecule has 2 rings (SSSR count). The van der Waals surface area contributed by atoms with Crippen LogP contribution in [-0.4, -0.2) is 19.7 Å². The molecule has 0 amide bonds. The predicted octanol–water partition coefficient (Wildman–Crippen LogP) is 2.36. The topological polar surface area (TPSA) is 35.5 Å². The van der Waals surface area contributed by atoms with Gasteiger partial charge in [-0.3, -0.25) is 4.79 Å². The van der Waals surface area contributed by atoms with E-state index in [-0.39, 0.29) is 11.9 Å². The molecule has 0 aliphatic heterocycles. The Morgan fingerprint density at radius 3 is 3.00 bits per heavy atom. The number of hydrogen-bond donors (Lipinski definition) is 0. The third-order valence-corrected chi connectivity index (χ3v) is 2.90. The largest absolute Gasteiger partial charge is 0.497 e. The number of carbonyl (C=O) groups is 1. The molecule has 1 aliphatic rings. The Hall–Kier alpha value is -1.51. The van der Waals surface area contributed by atoms with Crippen molar-refractivity contribution in [3.05, 3.63) is 29.8 Å². The average molecular weight is 220 g/mol. The molecule has 0 bridgehead atoms. The molecule has 16 heavy (non-hydrogen) atoms. The minimum atomic E-state index is -0.0738. The van der Waals surface area contributed by atoms with Crippen molar-refractivity contribution in [2.24, 2.45) is 5.92 Å². The summed E-state index contributed by atoms with van der Waals surface area (Å²) in [7, 11) is 1.65. The third kappa shape index (κ3) is 2.18. The number of hydrogen-bond acceptors (Lipinski definition) is 3. The van der Waals surface area contributed by atoms with Gasteiger partial charge in [0.05, 0.1) is 19.6 Å². The Balaban J connectivity index is 2.02. The monoisotopic (exact) mass is 220 g/mol. The molecule has 1 fully saturated rings. The standard InChI is InChI=1S/C13H16O3/c1-3-16-13(14)12-8-11(12)9-5-4-6-10(7-9)15-2/h4-7,11-12H,3,8H2,1-2H3/t11-,12+/m1/s1. The molecule has 86 valence electrons. The van der Waals surface area contributed by atoms with Gasteiger partial charge in [-0.1, -0.05) is 12.1 Å². The molecule has 3 heteroatoms. The molecular formula is C13H16O3. The van der Waals surface area contributed by atoms with E-state index in [1.807, 2.05) is 31.2 Å². The van der Waals surface area contributed by atoms with E-state index < -0.39 is 0 Å². The summed E-state index contributed by atoms with van der Waals surface area (Å²) < 4.78 is 10.2. The summed E-state index contributed by atoms with van der Waals surface area (Å²) in [6, 6.07) is 7.89. The quantitative estimate of drug-likeness (QED) is 0.731. The zero-order valence-electron chi connectivity index (χ0n) is 9.60. The van der Waals surface area contributed by atoms with Crippen LogP contribution < -0.4 is 4.74 Å². The van der Waals surface area contributed by atoms with Crippen molar-refractivity contribution in [3.63, 3.8) is 0 Å². The highest BCUT2D eigenvalue weighted by Gasteiger charge is 2.45. The molecular weight excluding hydrogens is 204 g/mol. The van der Waals surface area contributed by atoms with Crippen LogP contribution >= 0.6 is 0 Å². The third-order valence-electron chi connectivity index (χ3n) is 2.90. The number of esters is 1. The fourth-order valence-electron chi connectivity index (χ4n) is 1.95. The first-order valence-electron chi connectivity index (χ1n) is 5.56. The SMILES string of the molecule is CCOC(=O)[C@H]1C[C@@H]1c1cccc(OC)c1. The Morgan fingerprint density at radius 1 is 1.50 bits per heavy atom. The van der Waals surface area contributed by atoms with Crippen LogP contribution in [0.1, 0.15) is 24.8 Å². The van der Waals surface area contributed by atoms with Crippen LogP contribution in [0.2, 0.25) is 0 Å². The zero-order valence-corrected chi connectivity index (χ0v) is 9.60. The molecule has 0 heterocycles. The lowest BCUT2D eigenvalue weighted by molar-refractivity contribution is -0.144. The molecule has 0 spiro atoms. The van der Waals surface area contributed by atoms with E-state index in [1.54, 1.807) is 7.11 Å². The van der Waals surface area contributed by atoms with Gasteiger partial charge in [0.1, 0.15) is 5.75 Å². The lowest BCUT2D eigenvalue weighted by atomic mass is 10.1. The van der Waals surface area contributed by atoms with Gasteiger partial charge in [0, 0.05) is 0 Å². The summed E-state index contributed by atoms with van der Waals surface area (Å²) in [5, 5.41) is 0. The average Bonchev–Trinajstić information content (AvgIpc) is 3.09. The number of rotatable bonds is 4. The maximum absolute atomic E-state index is 11.5.